The molecule has 0 unspecified atom stereocenters. The SMILES string of the molecule is Cc1cc(C(C)(C)C)cc(F)c1OS(=O)(=O)C(F)(F)F. The number of aryl methyl sites for hydroxylation is 1. The molecule has 0 aliphatic carbocycles. The number of alkyl halides is 3. The minimum absolute atomic E-state index is 0.0252. The van der Waals surface area contributed by atoms with Crippen LogP contribution in [-0.4, -0.2) is 13.9 Å². The Morgan fingerprint density at radius 2 is 1.60 bits per heavy atom. The summed E-state index contributed by atoms with van der Waals surface area (Å²) in [7, 11) is -5.88. The minimum Gasteiger partial charge on any atom is -0.373 e. The van der Waals surface area contributed by atoms with Gasteiger partial charge in [-0.3, -0.25) is 0 Å². The molecule has 8 heteroatoms. The zero-order valence-electron chi connectivity index (χ0n) is 11.3. The third-order valence-electron chi connectivity index (χ3n) is 2.57. The van der Waals surface area contributed by atoms with Gasteiger partial charge in [0.2, 0.25) is 0 Å². The summed E-state index contributed by atoms with van der Waals surface area (Å²) >= 11 is 0. The van der Waals surface area contributed by atoms with Gasteiger partial charge >= 0.3 is 15.6 Å². The topological polar surface area (TPSA) is 43.4 Å². The van der Waals surface area contributed by atoms with Crippen molar-refractivity contribution in [3.05, 3.63) is 29.1 Å². The summed E-state index contributed by atoms with van der Waals surface area (Å²) in [5.41, 5.74) is -5.55. The summed E-state index contributed by atoms with van der Waals surface area (Å²) in [5.74, 6) is -2.09. The maximum atomic E-state index is 13.8. The molecule has 20 heavy (non-hydrogen) atoms. The van der Waals surface area contributed by atoms with E-state index in [0.29, 0.717) is 5.56 Å². The Labute approximate surface area is 114 Å². The number of halogens is 4. The number of benzene rings is 1. The lowest BCUT2D eigenvalue weighted by atomic mass is 9.86. The first-order valence-corrected chi connectivity index (χ1v) is 6.98. The fraction of sp³-hybridized carbons (Fsp3) is 0.500. The maximum Gasteiger partial charge on any atom is 0.534 e. The third kappa shape index (κ3) is 3.41. The molecule has 114 valence electrons. The van der Waals surface area contributed by atoms with E-state index >= 15 is 0 Å². The van der Waals surface area contributed by atoms with Crippen molar-refractivity contribution in [2.75, 3.05) is 0 Å². The second-order valence-electron chi connectivity index (χ2n) is 5.34. The molecule has 0 spiro atoms. The van der Waals surface area contributed by atoms with Crippen LogP contribution in [0.1, 0.15) is 31.9 Å². The molecule has 0 radical (unpaired) electrons. The third-order valence-corrected chi connectivity index (χ3v) is 3.52. The molecule has 1 rings (SSSR count). The van der Waals surface area contributed by atoms with Gasteiger partial charge in [-0.05, 0) is 29.5 Å². The van der Waals surface area contributed by atoms with E-state index in [0.717, 1.165) is 6.07 Å². The molecule has 0 fully saturated rings. The van der Waals surface area contributed by atoms with Crippen LogP contribution in [0.5, 0.6) is 5.75 Å². The zero-order valence-corrected chi connectivity index (χ0v) is 12.1. The number of hydrogen-bond donors (Lipinski definition) is 0. The van der Waals surface area contributed by atoms with Gasteiger partial charge in [-0.1, -0.05) is 26.8 Å². The lowest BCUT2D eigenvalue weighted by molar-refractivity contribution is -0.0501. The molecular formula is C12H14F4O3S. The monoisotopic (exact) mass is 314 g/mol. The van der Waals surface area contributed by atoms with Gasteiger partial charge in [0.1, 0.15) is 0 Å². The van der Waals surface area contributed by atoms with Gasteiger partial charge < -0.3 is 4.18 Å². The van der Waals surface area contributed by atoms with Gasteiger partial charge in [0, 0.05) is 0 Å². The van der Waals surface area contributed by atoms with Gasteiger partial charge in [0.05, 0.1) is 0 Å². The molecule has 0 bridgehead atoms. The quantitative estimate of drug-likeness (QED) is 0.475. The highest BCUT2D eigenvalue weighted by atomic mass is 32.2. The van der Waals surface area contributed by atoms with Gasteiger partial charge in [0.15, 0.2) is 11.6 Å². The Balaban J connectivity index is 3.31. The molecular weight excluding hydrogens is 300 g/mol. The average molecular weight is 314 g/mol. The van der Waals surface area contributed by atoms with Crippen molar-refractivity contribution >= 4 is 10.1 Å². The smallest absolute Gasteiger partial charge is 0.373 e. The predicted molar refractivity (Wildman–Crippen MR) is 65.4 cm³/mol. The largest absolute Gasteiger partial charge is 0.534 e. The van der Waals surface area contributed by atoms with E-state index in [1.54, 1.807) is 20.8 Å². The lowest BCUT2D eigenvalue weighted by Crippen LogP contribution is -2.28. The van der Waals surface area contributed by atoms with Crippen molar-refractivity contribution in [3.63, 3.8) is 0 Å². The minimum atomic E-state index is -5.88. The van der Waals surface area contributed by atoms with E-state index in [2.05, 4.69) is 4.18 Å². The summed E-state index contributed by atoms with van der Waals surface area (Å²) < 4.78 is 76.1. The van der Waals surface area contributed by atoms with Gasteiger partial charge in [0.25, 0.3) is 0 Å². The normalized spacial score (nSPS) is 13.4. The highest BCUT2D eigenvalue weighted by Gasteiger charge is 2.49. The molecule has 0 saturated carbocycles. The second-order valence-corrected chi connectivity index (χ2v) is 6.88. The van der Waals surface area contributed by atoms with Crippen LogP contribution in [-0.2, 0) is 15.5 Å². The van der Waals surface area contributed by atoms with Crippen LogP contribution in [0.2, 0.25) is 0 Å². The zero-order chi connectivity index (χ0) is 15.9. The van der Waals surface area contributed by atoms with Crippen molar-refractivity contribution in [1.82, 2.24) is 0 Å². The van der Waals surface area contributed by atoms with E-state index in [9.17, 15) is 26.0 Å². The molecule has 1 aromatic rings. The molecule has 0 heterocycles. The van der Waals surface area contributed by atoms with Gasteiger partial charge in [-0.15, -0.1) is 0 Å². The van der Waals surface area contributed by atoms with Crippen LogP contribution >= 0.6 is 0 Å². The Kier molecular flexibility index (Phi) is 4.11. The Morgan fingerprint density at radius 3 is 1.95 bits per heavy atom. The second kappa shape index (κ2) is 4.91. The molecule has 0 aliphatic rings. The van der Waals surface area contributed by atoms with E-state index in [1.807, 2.05) is 0 Å². The van der Waals surface area contributed by atoms with Crippen LogP contribution in [0.15, 0.2) is 12.1 Å². The highest BCUT2D eigenvalue weighted by Crippen LogP contribution is 2.34. The average Bonchev–Trinajstić information content (AvgIpc) is 2.20. The molecule has 0 amide bonds. The van der Waals surface area contributed by atoms with Crippen molar-refractivity contribution in [1.29, 1.82) is 0 Å². The summed E-state index contributed by atoms with van der Waals surface area (Å²) in [6.07, 6.45) is 0. The number of hydrogen-bond acceptors (Lipinski definition) is 3. The standard InChI is InChI=1S/C12H14F4O3S/c1-7-5-8(11(2,3)4)6-9(13)10(7)19-20(17,18)12(14,15)16/h5-6H,1-4H3. The fourth-order valence-electron chi connectivity index (χ4n) is 1.43. The number of rotatable bonds is 2. The molecule has 0 N–H and O–H groups in total. The summed E-state index contributed by atoms with van der Waals surface area (Å²) in [6.45, 7) is 6.64. The van der Waals surface area contributed by atoms with E-state index in [4.69, 9.17) is 0 Å². The Morgan fingerprint density at radius 1 is 1.10 bits per heavy atom. The van der Waals surface area contributed by atoms with Crippen LogP contribution < -0.4 is 4.18 Å². The molecule has 3 nitrogen and oxygen atoms in total. The van der Waals surface area contributed by atoms with E-state index < -0.39 is 32.6 Å². The molecule has 0 aromatic heterocycles. The van der Waals surface area contributed by atoms with Crippen molar-refractivity contribution < 1.29 is 30.2 Å². The van der Waals surface area contributed by atoms with Crippen LogP contribution in [0, 0.1) is 12.7 Å². The summed E-state index contributed by atoms with van der Waals surface area (Å²) in [4.78, 5) is 0. The first-order chi connectivity index (χ1) is 8.75. The van der Waals surface area contributed by atoms with Crippen LogP contribution in [0.4, 0.5) is 17.6 Å². The van der Waals surface area contributed by atoms with Crippen LogP contribution in [0.25, 0.3) is 0 Å². The molecule has 1 aromatic carbocycles. The highest BCUT2D eigenvalue weighted by molar-refractivity contribution is 7.88. The van der Waals surface area contributed by atoms with Crippen molar-refractivity contribution in [2.45, 2.75) is 38.6 Å². The molecule has 0 aliphatic heterocycles. The lowest BCUT2D eigenvalue weighted by Gasteiger charge is -2.21. The summed E-state index contributed by atoms with van der Waals surface area (Å²) in [5, 5.41) is 0. The maximum absolute atomic E-state index is 13.8. The first kappa shape index (κ1) is 16.7. The summed E-state index contributed by atoms with van der Waals surface area (Å²) in [6, 6.07) is 2.36. The Hall–Kier alpha value is -1.31. The van der Waals surface area contributed by atoms with Gasteiger partial charge in [-0.2, -0.15) is 21.6 Å². The predicted octanol–water partition coefficient (Wildman–Crippen LogP) is 3.66. The van der Waals surface area contributed by atoms with Gasteiger partial charge in [-0.25, -0.2) is 4.39 Å². The molecule has 0 atom stereocenters. The van der Waals surface area contributed by atoms with E-state index in [1.165, 1.54) is 13.0 Å². The first-order valence-electron chi connectivity index (χ1n) is 5.57. The van der Waals surface area contributed by atoms with E-state index in [-0.39, 0.29) is 5.56 Å². The van der Waals surface area contributed by atoms with Crippen molar-refractivity contribution in [2.24, 2.45) is 0 Å². The molecule has 0 saturated heterocycles. The fourth-order valence-corrected chi connectivity index (χ4v) is 1.95. The Bertz CT molecular complexity index is 590. The van der Waals surface area contributed by atoms with Crippen molar-refractivity contribution in [3.8, 4) is 5.75 Å². The van der Waals surface area contributed by atoms with Crippen LogP contribution in [0.3, 0.4) is 0 Å².